The van der Waals surface area contributed by atoms with Gasteiger partial charge in [0, 0.05) is 11.8 Å². The summed E-state index contributed by atoms with van der Waals surface area (Å²) in [4.78, 5) is 0. The SMILES string of the molecule is CSCC1CCCN1. The van der Waals surface area contributed by atoms with E-state index in [9.17, 15) is 0 Å². The zero-order valence-electron chi connectivity index (χ0n) is 5.31. The Morgan fingerprint density at radius 1 is 1.75 bits per heavy atom. The lowest BCUT2D eigenvalue weighted by Crippen LogP contribution is -2.23. The van der Waals surface area contributed by atoms with Gasteiger partial charge in [-0.25, -0.2) is 0 Å². The summed E-state index contributed by atoms with van der Waals surface area (Å²) in [6, 6.07) is 0.824. The van der Waals surface area contributed by atoms with E-state index in [-0.39, 0.29) is 0 Å². The first-order valence-corrected chi connectivity index (χ1v) is 4.55. The smallest absolute Gasteiger partial charge is 0.0158 e. The van der Waals surface area contributed by atoms with Crippen LogP contribution in [0.4, 0.5) is 0 Å². The van der Waals surface area contributed by atoms with E-state index in [1.807, 2.05) is 11.8 Å². The van der Waals surface area contributed by atoms with Crippen LogP contribution in [0.2, 0.25) is 0 Å². The molecule has 1 nitrogen and oxygen atoms in total. The fraction of sp³-hybridized carbons (Fsp3) is 1.00. The summed E-state index contributed by atoms with van der Waals surface area (Å²) in [5, 5.41) is 3.44. The van der Waals surface area contributed by atoms with Gasteiger partial charge in [0.15, 0.2) is 0 Å². The molecule has 48 valence electrons. The first-order chi connectivity index (χ1) is 3.93. The Balaban J connectivity index is 2.06. The highest BCUT2D eigenvalue weighted by atomic mass is 32.2. The molecule has 1 aliphatic heterocycles. The lowest BCUT2D eigenvalue weighted by Gasteiger charge is -2.05. The van der Waals surface area contributed by atoms with Gasteiger partial charge in [-0.15, -0.1) is 0 Å². The third-order valence-electron chi connectivity index (χ3n) is 1.53. The van der Waals surface area contributed by atoms with E-state index < -0.39 is 0 Å². The normalized spacial score (nSPS) is 28.9. The standard InChI is InChI=1S/C6H13NS/c1-8-5-6-3-2-4-7-6/h6-7H,2-5H2,1H3. The molecule has 1 heterocycles. The topological polar surface area (TPSA) is 12.0 Å². The van der Waals surface area contributed by atoms with Gasteiger partial charge in [0.1, 0.15) is 0 Å². The predicted octanol–water partition coefficient (Wildman–Crippen LogP) is 1.10. The highest BCUT2D eigenvalue weighted by Crippen LogP contribution is 2.08. The van der Waals surface area contributed by atoms with Crippen LogP contribution in [-0.2, 0) is 0 Å². The Kier molecular flexibility index (Phi) is 2.70. The number of nitrogens with one attached hydrogen (secondary N) is 1. The summed E-state index contributed by atoms with van der Waals surface area (Å²) in [6.45, 7) is 1.24. The van der Waals surface area contributed by atoms with E-state index in [4.69, 9.17) is 0 Å². The maximum Gasteiger partial charge on any atom is 0.0158 e. The number of hydrogen-bond donors (Lipinski definition) is 1. The molecule has 1 atom stereocenters. The molecule has 0 saturated carbocycles. The zero-order chi connectivity index (χ0) is 5.82. The van der Waals surface area contributed by atoms with Crippen LogP contribution in [-0.4, -0.2) is 24.6 Å². The maximum absolute atomic E-state index is 3.44. The van der Waals surface area contributed by atoms with E-state index >= 15 is 0 Å². The molecular formula is C6H13NS. The average Bonchev–Trinajstić information content (AvgIpc) is 2.19. The van der Waals surface area contributed by atoms with Crippen molar-refractivity contribution < 1.29 is 0 Å². The third kappa shape index (κ3) is 1.67. The molecule has 0 aromatic heterocycles. The molecule has 1 N–H and O–H groups in total. The van der Waals surface area contributed by atoms with Gasteiger partial charge >= 0.3 is 0 Å². The Morgan fingerprint density at radius 2 is 2.62 bits per heavy atom. The van der Waals surface area contributed by atoms with Crippen molar-refractivity contribution in [3.05, 3.63) is 0 Å². The van der Waals surface area contributed by atoms with E-state index in [0.29, 0.717) is 0 Å². The molecule has 1 saturated heterocycles. The van der Waals surface area contributed by atoms with Crippen LogP contribution >= 0.6 is 11.8 Å². The van der Waals surface area contributed by atoms with E-state index in [0.717, 1.165) is 6.04 Å². The Hall–Kier alpha value is 0.310. The highest BCUT2D eigenvalue weighted by Gasteiger charge is 2.11. The third-order valence-corrected chi connectivity index (χ3v) is 2.27. The number of rotatable bonds is 2. The Bertz CT molecular complexity index is 59.5. The molecular weight excluding hydrogens is 118 g/mol. The summed E-state index contributed by atoms with van der Waals surface area (Å²) in [7, 11) is 0. The molecule has 1 unspecified atom stereocenters. The summed E-state index contributed by atoms with van der Waals surface area (Å²) in [6.07, 6.45) is 4.94. The highest BCUT2D eigenvalue weighted by molar-refractivity contribution is 7.98. The van der Waals surface area contributed by atoms with Crippen LogP contribution < -0.4 is 5.32 Å². The van der Waals surface area contributed by atoms with Gasteiger partial charge in [-0.1, -0.05) is 0 Å². The molecule has 0 aliphatic carbocycles. The second-order valence-electron chi connectivity index (χ2n) is 2.25. The largest absolute Gasteiger partial charge is 0.313 e. The minimum absolute atomic E-state index is 0.824. The van der Waals surface area contributed by atoms with Crippen LogP contribution in [0.15, 0.2) is 0 Å². The number of thioether (sulfide) groups is 1. The van der Waals surface area contributed by atoms with Gasteiger partial charge in [-0.05, 0) is 25.6 Å². The van der Waals surface area contributed by atoms with Gasteiger partial charge in [0.2, 0.25) is 0 Å². The lowest BCUT2D eigenvalue weighted by atomic mass is 10.3. The minimum Gasteiger partial charge on any atom is -0.313 e. The van der Waals surface area contributed by atoms with Crippen molar-refractivity contribution in [2.75, 3.05) is 18.6 Å². The molecule has 0 aromatic rings. The minimum atomic E-state index is 0.824. The van der Waals surface area contributed by atoms with Crippen LogP contribution in [0.25, 0.3) is 0 Å². The van der Waals surface area contributed by atoms with Gasteiger partial charge in [-0.3, -0.25) is 0 Å². The van der Waals surface area contributed by atoms with Crippen LogP contribution in [0, 0.1) is 0 Å². The molecule has 0 aromatic carbocycles. The van der Waals surface area contributed by atoms with E-state index in [1.54, 1.807) is 0 Å². The Labute approximate surface area is 55.2 Å². The first-order valence-electron chi connectivity index (χ1n) is 3.16. The van der Waals surface area contributed by atoms with Gasteiger partial charge in [-0.2, -0.15) is 11.8 Å². The second kappa shape index (κ2) is 3.36. The quantitative estimate of drug-likeness (QED) is 0.602. The molecule has 0 amide bonds. The molecule has 0 radical (unpaired) electrons. The molecule has 8 heavy (non-hydrogen) atoms. The van der Waals surface area contributed by atoms with Crippen molar-refractivity contribution in [1.82, 2.24) is 5.32 Å². The maximum atomic E-state index is 3.44. The van der Waals surface area contributed by atoms with Crippen LogP contribution in [0.3, 0.4) is 0 Å². The molecule has 1 rings (SSSR count). The fourth-order valence-corrected chi connectivity index (χ4v) is 1.79. The van der Waals surface area contributed by atoms with Crippen molar-refractivity contribution >= 4 is 11.8 Å². The average molecular weight is 131 g/mol. The van der Waals surface area contributed by atoms with Crippen molar-refractivity contribution in [3.63, 3.8) is 0 Å². The van der Waals surface area contributed by atoms with Crippen molar-refractivity contribution in [2.45, 2.75) is 18.9 Å². The van der Waals surface area contributed by atoms with Crippen LogP contribution in [0.1, 0.15) is 12.8 Å². The van der Waals surface area contributed by atoms with Crippen molar-refractivity contribution in [3.8, 4) is 0 Å². The van der Waals surface area contributed by atoms with E-state index in [2.05, 4.69) is 11.6 Å². The summed E-state index contributed by atoms with van der Waals surface area (Å²) in [5.41, 5.74) is 0. The van der Waals surface area contributed by atoms with Gasteiger partial charge < -0.3 is 5.32 Å². The second-order valence-corrected chi connectivity index (χ2v) is 3.16. The van der Waals surface area contributed by atoms with Crippen LogP contribution in [0.5, 0.6) is 0 Å². The first kappa shape index (κ1) is 6.43. The van der Waals surface area contributed by atoms with E-state index in [1.165, 1.54) is 25.1 Å². The predicted molar refractivity (Wildman–Crippen MR) is 39.4 cm³/mol. The zero-order valence-corrected chi connectivity index (χ0v) is 6.13. The molecule has 0 bridgehead atoms. The molecule has 2 heteroatoms. The molecule has 1 fully saturated rings. The monoisotopic (exact) mass is 131 g/mol. The molecule has 1 aliphatic rings. The molecule has 0 spiro atoms. The van der Waals surface area contributed by atoms with Crippen molar-refractivity contribution in [1.29, 1.82) is 0 Å². The Morgan fingerprint density at radius 3 is 3.12 bits per heavy atom. The lowest BCUT2D eigenvalue weighted by molar-refractivity contribution is 0.674. The summed E-state index contributed by atoms with van der Waals surface area (Å²) in [5.74, 6) is 1.29. The number of hydrogen-bond acceptors (Lipinski definition) is 2. The summed E-state index contributed by atoms with van der Waals surface area (Å²) < 4.78 is 0. The summed E-state index contributed by atoms with van der Waals surface area (Å²) >= 11 is 1.94. The van der Waals surface area contributed by atoms with Crippen molar-refractivity contribution in [2.24, 2.45) is 0 Å². The van der Waals surface area contributed by atoms with Gasteiger partial charge in [0.25, 0.3) is 0 Å². The fourth-order valence-electron chi connectivity index (χ4n) is 1.10. The van der Waals surface area contributed by atoms with Gasteiger partial charge in [0.05, 0.1) is 0 Å².